The molecule has 1 aromatic carbocycles. The second-order valence-corrected chi connectivity index (χ2v) is 6.33. The number of nitrogen functional groups attached to an aromatic ring is 1. The predicted octanol–water partition coefficient (Wildman–Crippen LogP) is 3.14. The summed E-state index contributed by atoms with van der Waals surface area (Å²) in [7, 11) is 0. The zero-order valence-electron chi connectivity index (χ0n) is 13.9. The fourth-order valence-electron chi connectivity index (χ4n) is 2.40. The first kappa shape index (κ1) is 17.3. The summed E-state index contributed by atoms with van der Waals surface area (Å²) in [5.41, 5.74) is 8.49. The van der Waals surface area contributed by atoms with Crippen molar-refractivity contribution in [2.45, 2.75) is 34.6 Å². The fraction of sp³-hybridized carbons (Fsp3) is 0.588. The molecule has 0 bridgehead atoms. The summed E-state index contributed by atoms with van der Waals surface area (Å²) in [4.78, 5) is 14.2. The van der Waals surface area contributed by atoms with Gasteiger partial charge in [0.2, 0.25) is 0 Å². The van der Waals surface area contributed by atoms with Crippen LogP contribution in [0.15, 0.2) is 18.2 Å². The molecular formula is C17H29N3O. The Bertz CT molecular complexity index is 459. The highest BCUT2D eigenvalue weighted by Gasteiger charge is 2.15. The number of nitrogens with zero attached hydrogens (tertiary/aromatic N) is 1. The maximum atomic E-state index is 11.9. The molecule has 3 N–H and O–H groups in total. The van der Waals surface area contributed by atoms with Crippen molar-refractivity contribution in [3.05, 3.63) is 23.8 Å². The zero-order chi connectivity index (χ0) is 16.0. The molecule has 0 heterocycles. The van der Waals surface area contributed by atoms with E-state index in [1.807, 2.05) is 19.1 Å². The molecule has 0 fully saturated rings. The molecule has 0 aromatic heterocycles. The van der Waals surface area contributed by atoms with E-state index in [0.717, 1.165) is 18.8 Å². The lowest BCUT2D eigenvalue weighted by atomic mass is 10.1. The Hall–Kier alpha value is -1.71. The molecular weight excluding hydrogens is 262 g/mol. The van der Waals surface area contributed by atoms with Gasteiger partial charge >= 0.3 is 0 Å². The third-order valence-corrected chi connectivity index (χ3v) is 3.14. The summed E-state index contributed by atoms with van der Waals surface area (Å²) in [6, 6.07) is 5.59. The molecule has 0 atom stereocenters. The van der Waals surface area contributed by atoms with Crippen LogP contribution in [0.3, 0.4) is 0 Å². The Labute approximate surface area is 128 Å². The summed E-state index contributed by atoms with van der Waals surface area (Å²) in [6.07, 6.45) is 0. The number of anilines is 2. The Morgan fingerprint density at radius 2 is 1.76 bits per heavy atom. The van der Waals surface area contributed by atoms with Crippen LogP contribution in [0.4, 0.5) is 11.4 Å². The second kappa shape index (κ2) is 7.91. The minimum absolute atomic E-state index is 0.0741. The first-order valence-corrected chi connectivity index (χ1v) is 7.77. The molecule has 0 aliphatic rings. The van der Waals surface area contributed by atoms with Crippen molar-refractivity contribution < 1.29 is 4.79 Å². The van der Waals surface area contributed by atoms with Crippen molar-refractivity contribution in [3.8, 4) is 0 Å². The van der Waals surface area contributed by atoms with Crippen LogP contribution in [0.25, 0.3) is 0 Å². The molecule has 0 spiro atoms. The van der Waals surface area contributed by atoms with Crippen LogP contribution in [-0.2, 0) is 0 Å². The number of rotatable bonds is 7. The molecule has 0 aliphatic carbocycles. The van der Waals surface area contributed by atoms with E-state index in [9.17, 15) is 4.79 Å². The van der Waals surface area contributed by atoms with E-state index in [1.165, 1.54) is 0 Å². The van der Waals surface area contributed by atoms with Crippen molar-refractivity contribution >= 4 is 17.3 Å². The Morgan fingerprint density at radius 1 is 1.19 bits per heavy atom. The Morgan fingerprint density at radius 3 is 2.19 bits per heavy atom. The lowest BCUT2D eigenvalue weighted by molar-refractivity contribution is 0.0956. The van der Waals surface area contributed by atoms with Crippen molar-refractivity contribution in [1.29, 1.82) is 0 Å². The van der Waals surface area contributed by atoms with Gasteiger partial charge in [-0.25, -0.2) is 0 Å². The largest absolute Gasteiger partial charge is 0.397 e. The number of carbonyl (C=O) groups is 1. The molecule has 1 aromatic rings. The molecule has 0 saturated heterocycles. The van der Waals surface area contributed by atoms with E-state index in [1.54, 1.807) is 6.07 Å². The molecule has 4 heteroatoms. The van der Waals surface area contributed by atoms with Crippen molar-refractivity contribution in [2.24, 2.45) is 11.8 Å². The summed E-state index contributed by atoms with van der Waals surface area (Å²) in [5.74, 6) is 1.05. The van der Waals surface area contributed by atoms with Crippen LogP contribution in [0.1, 0.15) is 45.0 Å². The van der Waals surface area contributed by atoms with Gasteiger partial charge in [0, 0.05) is 25.2 Å². The monoisotopic (exact) mass is 291 g/mol. The zero-order valence-corrected chi connectivity index (χ0v) is 13.9. The van der Waals surface area contributed by atoms with Crippen molar-refractivity contribution in [2.75, 3.05) is 30.3 Å². The number of nitrogens with one attached hydrogen (secondary N) is 1. The second-order valence-electron chi connectivity index (χ2n) is 6.33. The minimum Gasteiger partial charge on any atom is -0.397 e. The van der Waals surface area contributed by atoms with Gasteiger partial charge < -0.3 is 16.0 Å². The quantitative estimate of drug-likeness (QED) is 0.759. The van der Waals surface area contributed by atoms with E-state index in [0.29, 0.717) is 29.6 Å². The smallest absolute Gasteiger partial charge is 0.251 e. The molecule has 21 heavy (non-hydrogen) atoms. The first-order chi connectivity index (χ1) is 9.85. The van der Waals surface area contributed by atoms with Gasteiger partial charge in [-0.05, 0) is 37.0 Å². The highest BCUT2D eigenvalue weighted by molar-refractivity contribution is 5.96. The Kier molecular flexibility index (Phi) is 6.53. The topological polar surface area (TPSA) is 58.4 Å². The maximum Gasteiger partial charge on any atom is 0.251 e. The van der Waals surface area contributed by atoms with Gasteiger partial charge in [-0.15, -0.1) is 0 Å². The Balaban J connectivity index is 3.01. The molecule has 0 aliphatic heterocycles. The average Bonchev–Trinajstić information content (AvgIpc) is 2.36. The lowest BCUT2D eigenvalue weighted by Gasteiger charge is -2.29. The lowest BCUT2D eigenvalue weighted by Crippen LogP contribution is -2.32. The number of nitrogens with two attached hydrogens (primary N) is 1. The minimum atomic E-state index is -0.0741. The average molecular weight is 291 g/mol. The van der Waals surface area contributed by atoms with E-state index >= 15 is 0 Å². The molecule has 0 radical (unpaired) electrons. The maximum absolute atomic E-state index is 11.9. The summed E-state index contributed by atoms with van der Waals surface area (Å²) >= 11 is 0. The fourth-order valence-corrected chi connectivity index (χ4v) is 2.40. The molecule has 1 rings (SSSR count). The SMILES string of the molecule is CCNC(=O)c1ccc(N(CC(C)C)CC(C)C)c(N)c1. The van der Waals surface area contributed by atoms with Gasteiger partial charge in [-0.3, -0.25) is 4.79 Å². The van der Waals surface area contributed by atoms with E-state index in [4.69, 9.17) is 5.73 Å². The normalized spacial score (nSPS) is 11.0. The third kappa shape index (κ3) is 5.29. The highest BCUT2D eigenvalue weighted by Crippen LogP contribution is 2.26. The van der Waals surface area contributed by atoms with Gasteiger partial charge in [-0.2, -0.15) is 0 Å². The number of carbonyl (C=O) groups excluding carboxylic acids is 1. The van der Waals surface area contributed by atoms with Crippen LogP contribution in [-0.4, -0.2) is 25.5 Å². The first-order valence-electron chi connectivity index (χ1n) is 7.77. The highest BCUT2D eigenvalue weighted by atomic mass is 16.1. The number of amides is 1. The number of benzene rings is 1. The van der Waals surface area contributed by atoms with E-state index in [-0.39, 0.29) is 5.91 Å². The molecule has 0 saturated carbocycles. The molecule has 0 unspecified atom stereocenters. The predicted molar refractivity (Wildman–Crippen MR) is 90.8 cm³/mol. The van der Waals surface area contributed by atoms with Crippen LogP contribution < -0.4 is 16.0 Å². The van der Waals surface area contributed by atoms with Gasteiger partial charge in [0.25, 0.3) is 5.91 Å². The van der Waals surface area contributed by atoms with Gasteiger partial charge in [-0.1, -0.05) is 27.7 Å². The summed E-state index contributed by atoms with van der Waals surface area (Å²) in [6.45, 7) is 13.3. The standard InChI is InChI=1S/C17H29N3O/c1-6-19-17(21)14-7-8-16(15(18)9-14)20(10-12(2)3)11-13(4)5/h7-9,12-13H,6,10-11,18H2,1-5H3,(H,19,21). The van der Waals surface area contributed by atoms with Gasteiger partial charge in [0.15, 0.2) is 0 Å². The van der Waals surface area contributed by atoms with Crippen LogP contribution in [0, 0.1) is 11.8 Å². The van der Waals surface area contributed by atoms with E-state index < -0.39 is 0 Å². The van der Waals surface area contributed by atoms with Gasteiger partial charge in [0.1, 0.15) is 0 Å². The van der Waals surface area contributed by atoms with Gasteiger partial charge in [0.05, 0.1) is 11.4 Å². The summed E-state index contributed by atoms with van der Waals surface area (Å²) in [5, 5.41) is 2.79. The molecule has 4 nitrogen and oxygen atoms in total. The van der Waals surface area contributed by atoms with Crippen LogP contribution in [0.2, 0.25) is 0 Å². The van der Waals surface area contributed by atoms with Crippen molar-refractivity contribution in [3.63, 3.8) is 0 Å². The molecule has 1 amide bonds. The third-order valence-electron chi connectivity index (χ3n) is 3.14. The van der Waals surface area contributed by atoms with Crippen LogP contribution in [0.5, 0.6) is 0 Å². The number of hydrogen-bond donors (Lipinski definition) is 2. The van der Waals surface area contributed by atoms with E-state index in [2.05, 4.69) is 37.9 Å². The summed E-state index contributed by atoms with van der Waals surface area (Å²) < 4.78 is 0. The van der Waals surface area contributed by atoms with Crippen LogP contribution >= 0.6 is 0 Å². The molecule has 118 valence electrons. The van der Waals surface area contributed by atoms with Crippen molar-refractivity contribution in [1.82, 2.24) is 5.32 Å². The number of hydrogen-bond acceptors (Lipinski definition) is 3.